The molecule has 2 aromatic carbocycles. The number of hydrogen-bond donors (Lipinski definition) is 0. The van der Waals surface area contributed by atoms with E-state index in [0.29, 0.717) is 30.6 Å². The summed E-state index contributed by atoms with van der Waals surface area (Å²) in [6.07, 6.45) is 5.95. The average Bonchev–Trinajstić information content (AvgIpc) is 3.55. The summed E-state index contributed by atoms with van der Waals surface area (Å²) in [7, 11) is 0. The Morgan fingerprint density at radius 3 is 2.41 bits per heavy atom. The maximum atomic E-state index is 13.6. The smallest absolute Gasteiger partial charge is 0.227 e. The lowest BCUT2D eigenvalue weighted by Gasteiger charge is -2.32. The van der Waals surface area contributed by atoms with Crippen LogP contribution in [-0.2, 0) is 17.8 Å². The molecule has 0 unspecified atom stereocenters. The number of hydrogen-bond acceptors (Lipinski definition) is 3. The van der Waals surface area contributed by atoms with Gasteiger partial charge in [0.2, 0.25) is 11.8 Å². The Labute approximate surface area is 187 Å². The van der Waals surface area contributed by atoms with Gasteiger partial charge >= 0.3 is 0 Å². The third kappa shape index (κ3) is 4.14. The van der Waals surface area contributed by atoms with Crippen LogP contribution in [0.4, 0.5) is 4.39 Å². The summed E-state index contributed by atoms with van der Waals surface area (Å²) < 4.78 is 21.7. The zero-order valence-electron chi connectivity index (χ0n) is 18.3. The minimum atomic E-state index is -0.298. The molecular weight excluding hydrogens is 405 g/mol. The summed E-state index contributed by atoms with van der Waals surface area (Å²) >= 11 is 0. The molecule has 1 aromatic heterocycles. The van der Waals surface area contributed by atoms with Crippen molar-refractivity contribution in [3.63, 3.8) is 0 Å². The van der Waals surface area contributed by atoms with Crippen LogP contribution in [0.25, 0.3) is 5.69 Å². The van der Waals surface area contributed by atoms with Crippen molar-refractivity contribution >= 4 is 5.91 Å². The predicted molar refractivity (Wildman–Crippen MR) is 120 cm³/mol. The van der Waals surface area contributed by atoms with Crippen LogP contribution in [0.15, 0.2) is 54.6 Å². The van der Waals surface area contributed by atoms with E-state index in [1.807, 2.05) is 35.2 Å². The molecule has 2 fully saturated rings. The second-order valence-corrected chi connectivity index (χ2v) is 8.71. The van der Waals surface area contributed by atoms with E-state index in [9.17, 15) is 9.18 Å². The Bertz CT molecular complexity index is 1090. The van der Waals surface area contributed by atoms with E-state index < -0.39 is 0 Å². The predicted octanol–water partition coefficient (Wildman–Crippen LogP) is 5.66. The second kappa shape index (κ2) is 8.77. The molecule has 3 aromatic rings. The van der Waals surface area contributed by atoms with Crippen molar-refractivity contribution < 1.29 is 13.9 Å². The van der Waals surface area contributed by atoms with E-state index in [0.717, 1.165) is 49.0 Å². The SMILES string of the molecule is CCc1nn(-c2ccc(F)cc2)c(Oc2ccccc2)c1CN(C(=O)C1CCC1)C1CC1. The van der Waals surface area contributed by atoms with Crippen LogP contribution < -0.4 is 4.74 Å². The third-order valence-corrected chi connectivity index (χ3v) is 6.44. The molecule has 6 heteroatoms. The van der Waals surface area contributed by atoms with Crippen molar-refractivity contribution in [2.45, 2.75) is 58.0 Å². The molecule has 0 N–H and O–H groups in total. The molecule has 1 heterocycles. The number of ether oxygens (including phenoxy) is 1. The average molecular weight is 434 g/mol. The summed E-state index contributed by atoms with van der Waals surface area (Å²) in [5, 5.41) is 4.83. The van der Waals surface area contributed by atoms with Crippen LogP contribution in [-0.4, -0.2) is 26.6 Å². The Morgan fingerprint density at radius 1 is 1.09 bits per heavy atom. The number of carbonyl (C=O) groups excluding carboxylic acids is 1. The topological polar surface area (TPSA) is 47.4 Å². The summed E-state index contributed by atoms with van der Waals surface area (Å²) in [5.41, 5.74) is 2.55. The van der Waals surface area contributed by atoms with Gasteiger partial charge in [-0.3, -0.25) is 4.79 Å². The fourth-order valence-corrected chi connectivity index (χ4v) is 4.22. The Kier molecular flexibility index (Phi) is 5.68. The van der Waals surface area contributed by atoms with E-state index >= 15 is 0 Å². The number of aryl methyl sites for hydroxylation is 1. The fourth-order valence-electron chi connectivity index (χ4n) is 4.22. The maximum absolute atomic E-state index is 13.6. The summed E-state index contributed by atoms with van der Waals surface area (Å²) in [4.78, 5) is 15.3. The van der Waals surface area contributed by atoms with Gasteiger partial charge in [0, 0.05) is 12.0 Å². The number of nitrogens with zero attached hydrogens (tertiary/aromatic N) is 3. The highest BCUT2D eigenvalue weighted by atomic mass is 19.1. The second-order valence-electron chi connectivity index (χ2n) is 8.71. The summed E-state index contributed by atoms with van der Waals surface area (Å²) in [6.45, 7) is 2.55. The monoisotopic (exact) mass is 433 g/mol. The molecule has 0 radical (unpaired) electrons. The normalized spacial score (nSPS) is 15.9. The van der Waals surface area contributed by atoms with Gasteiger partial charge in [0.25, 0.3) is 0 Å². The Hall–Kier alpha value is -3.15. The van der Waals surface area contributed by atoms with Gasteiger partial charge in [-0.2, -0.15) is 5.10 Å². The Balaban J connectivity index is 1.56. The van der Waals surface area contributed by atoms with Crippen LogP contribution in [0.5, 0.6) is 11.6 Å². The minimum Gasteiger partial charge on any atom is -0.439 e. The van der Waals surface area contributed by atoms with Gasteiger partial charge in [0.05, 0.1) is 23.5 Å². The van der Waals surface area contributed by atoms with E-state index in [4.69, 9.17) is 9.84 Å². The number of amides is 1. The summed E-state index contributed by atoms with van der Waals surface area (Å²) in [5.74, 6) is 1.41. The van der Waals surface area contributed by atoms with Crippen molar-refractivity contribution in [3.8, 4) is 17.3 Å². The third-order valence-electron chi connectivity index (χ3n) is 6.44. The number of para-hydroxylation sites is 1. The minimum absolute atomic E-state index is 0.159. The molecule has 5 nitrogen and oxygen atoms in total. The van der Waals surface area contributed by atoms with Crippen molar-refractivity contribution in [3.05, 3.63) is 71.7 Å². The quantitative estimate of drug-likeness (QED) is 0.461. The van der Waals surface area contributed by atoms with Crippen LogP contribution >= 0.6 is 0 Å². The van der Waals surface area contributed by atoms with E-state index in [1.54, 1.807) is 16.8 Å². The highest BCUT2D eigenvalue weighted by Crippen LogP contribution is 2.38. The highest BCUT2D eigenvalue weighted by Gasteiger charge is 2.39. The molecule has 2 aliphatic rings. The Morgan fingerprint density at radius 2 is 1.81 bits per heavy atom. The van der Waals surface area contributed by atoms with Crippen molar-refractivity contribution in [2.75, 3.05) is 0 Å². The number of aromatic nitrogens is 2. The van der Waals surface area contributed by atoms with Gasteiger partial charge in [-0.25, -0.2) is 9.07 Å². The molecule has 5 rings (SSSR count). The first-order valence-corrected chi connectivity index (χ1v) is 11.5. The molecule has 166 valence electrons. The van der Waals surface area contributed by atoms with E-state index in [-0.39, 0.29) is 17.6 Å². The zero-order valence-corrected chi connectivity index (χ0v) is 18.3. The molecule has 32 heavy (non-hydrogen) atoms. The standard InChI is InChI=1S/C26H28FN3O2/c1-2-24-23(17-29(20-15-16-20)25(31)18-7-6-8-18)26(32-22-9-4-3-5-10-22)30(28-24)21-13-11-19(27)12-14-21/h3-5,9-14,18,20H,2,6-8,15-17H2,1H3. The molecule has 0 bridgehead atoms. The van der Waals surface area contributed by atoms with Gasteiger partial charge in [-0.05, 0) is 68.5 Å². The molecule has 0 atom stereocenters. The number of rotatable bonds is 8. The van der Waals surface area contributed by atoms with Gasteiger partial charge in [0.15, 0.2) is 0 Å². The van der Waals surface area contributed by atoms with Crippen LogP contribution in [0.3, 0.4) is 0 Å². The molecule has 2 aliphatic carbocycles. The lowest BCUT2D eigenvalue weighted by atomic mass is 9.84. The molecule has 0 spiro atoms. The van der Waals surface area contributed by atoms with Crippen molar-refractivity contribution in [2.24, 2.45) is 5.92 Å². The number of benzene rings is 2. The number of carbonyl (C=O) groups is 1. The highest BCUT2D eigenvalue weighted by molar-refractivity contribution is 5.80. The van der Waals surface area contributed by atoms with Crippen LogP contribution in [0, 0.1) is 11.7 Å². The molecule has 1 amide bonds. The maximum Gasteiger partial charge on any atom is 0.227 e. The van der Waals surface area contributed by atoms with Crippen LogP contribution in [0.2, 0.25) is 0 Å². The van der Waals surface area contributed by atoms with Crippen LogP contribution in [0.1, 0.15) is 50.3 Å². The van der Waals surface area contributed by atoms with E-state index in [2.05, 4.69) is 6.92 Å². The van der Waals surface area contributed by atoms with Crippen molar-refractivity contribution in [1.82, 2.24) is 14.7 Å². The molecule has 0 saturated heterocycles. The first kappa shape index (κ1) is 20.7. The zero-order chi connectivity index (χ0) is 22.1. The lowest BCUT2D eigenvalue weighted by molar-refractivity contribution is -0.139. The van der Waals surface area contributed by atoms with Crippen molar-refractivity contribution in [1.29, 1.82) is 0 Å². The first-order valence-electron chi connectivity index (χ1n) is 11.5. The summed E-state index contributed by atoms with van der Waals surface area (Å²) in [6, 6.07) is 16.1. The van der Waals surface area contributed by atoms with Gasteiger partial charge < -0.3 is 9.64 Å². The molecule has 0 aliphatic heterocycles. The molecular formula is C26H28FN3O2. The fraction of sp³-hybridized carbons (Fsp3) is 0.385. The number of halogens is 1. The largest absolute Gasteiger partial charge is 0.439 e. The van der Waals surface area contributed by atoms with Gasteiger partial charge in [-0.15, -0.1) is 0 Å². The van der Waals surface area contributed by atoms with Gasteiger partial charge in [0.1, 0.15) is 11.6 Å². The first-order chi connectivity index (χ1) is 15.6. The van der Waals surface area contributed by atoms with E-state index in [1.165, 1.54) is 12.1 Å². The lowest BCUT2D eigenvalue weighted by Crippen LogP contribution is -2.40. The van der Waals surface area contributed by atoms with Gasteiger partial charge in [-0.1, -0.05) is 31.5 Å². The molecule has 2 saturated carbocycles.